The molecule has 18 heavy (non-hydrogen) atoms. The molecule has 0 aliphatic rings. The summed E-state index contributed by atoms with van der Waals surface area (Å²) in [6, 6.07) is 3.44. The van der Waals surface area contributed by atoms with E-state index in [0.29, 0.717) is 0 Å². The van der Waals surface area contributed by atoms with Crippen LogP contribution in [0.1, 0.15) is 5.56 Å². The van der Waals surface area contributed by atoms with Gasteiger partial charge in [0.2, 0.25) is 5.89 Å². The molecular formula is C10H6ClF3N2OS. The number of aromatic nitrogens is 2. The molecule has 0 bridgehead atoms. The van der Waals surface area contributed by atoms with Gasteiger partial charge in [-0.2, -0.15) is 13.2 Å². The molecule has 2 aromatic rings. The summed E-state index contributed by atoms with van der Waals surface area (Å²) in [6.07, 6.45) is -2.80. The van der Waals surface area contributed by atoms with Gasteiger partial charge in [-0.3, -0.25) is 0 Å². The highest BCUT2D eigenvalue weighted by atomic mass is 35.5. The Hall–Kier alpha value is -1.21. The summed E-state index contributed by atoms with van der Waals surface area (Å²) in [6.45, 7) is 0. The van der Waals surface area contributed by atoms with Crippen LogP contribution in [0.25, 0.3) is 11.5 Å². The van der Waals surface area contributed by atoms with Crippen molar-refractivity contribution >= 4 is 23.4 Å². The van der Waals surface area contributed by atoms with Crippen LogP contribution in [0.3, 0.4) is 0 Å². The lowest BCUT2D eigenvalue weighted by Crippen LogP contribution is -2.05. The highest BCUT2D eigenvalue weighted by Crippen LogP contribution is 2.37. The second-order valence-corrected chi connectivity index (χ2v) is 4.43. The van der Waals surface area contributed by atoms with Crippen molar-refractivity contribution in [2.24, 2.45) is 0 Å². The fourth-order valence-corrected chi connectivity index (χ4v) is 1.79. The van der Waals surface area contributed by atoms with Crippen molar-refractivity contribution in [3.8, 4) is 11.5 Å². The van der Waals surface area contributed by atoms with Crippen LogP contribution in [-0.2, 0) is 6.18 Å². The van der Waals surface area contributed by atoms with Crippen LogP contribution in [0.15, 0.2) is 27.8 Å². The molecule has 2 rings (SSSR count). The third-order valence-corrected chi connectivity index (χ3v) is 2.94. The Kier molecular flexibility index (Phi) is 3.54. The predicted molar refractivity (Wildman–Crippen MR) is 61.5 cm³/mol. The number of nitrogens with zero attached hydrogens (tertiary/aromatic N) is 2. The minimum atomic E-state index is -4.52. The first-order valence-corrected chi connectivity index (χ1v) is 6.26. The molecule has 0 fully saturated rings. The third kappa shape index (κ3) is 2.62. The molecule has 1 aromatic carbocycles. The topological polar surface area (TPSA) is 38.9 Å². The number of thioether (sulfide) groups is 1. The minimum absolute atomic E-state index is 0.0292. The zero-order valence-corrected chi connectivity index (χ0v) is 10.5. The molecule has 0 radical (unpaired) electrons. The second-order valence-electron chi connectivity index (χ2n) is 3.27. The summed E-state index contributed by atoms with van der Waals surface area (Å²) in [4.78, 5) is 0. The van der Waals surface area contributed by atoms with E-state index in [1.807, 2.05) is 0 Å². The van der Waals surface area contributed by atoms with Crippen LogP contribution >= 0.6 is 23.4 Å². The molecule has 0 N–H and O–H groups in total. The lowest BCUT2D eigenvalue weighted by molar-refractivity contribution is -0.137. The maximum absolute atomic E-state index is 12.7. The summed E-state index contributed by atoms with van der Waals surface area (Å²) >= 11 is 6.72. The maximum Gasteiger partial charge on any atom is 0.417 e. The van der Waals surface area contributed by atoms with E-state index in [0.717, 1.165) is 12.1 Å². The normalized spacial score (nSPS) is 11.8. The van der Waals surface area contributed by atoms with Crippen LogP contribution in [0.2, 0.25) is 5.02 Å². The van der Waals surface area contributed by atoms with E-state index in [1.54, 1.807) is 6.26 Å². The van der Waals surface area contributed by atoms with Crippen molar-refractivity contribution in [1.82, 2.24) is 10.2 Å². The average molecular weight is 295 g/mol. The molecule has 0 saturated heterocycles. The van der Waals surface area contributed by atoms with Gasteiger partial charge in [-0.05, 0) is 24.5 Å². The highest BCUT2D eigenvalue weighted by Gasteiger charge is 2.33. The van der Waals surface area contributed by atoms with E-state index < -0.39 is 11.7 Å². The van der Waals surface area contributed by atoms with Crippen LogP contribution in [0, 0.1) is 0 Å². The Morgan fingerprint density at radius 2 is 2.00 bits per heavy atom. The molecule has 0 unspecified atom stereocenters. The Morgan fingerprint density at radius 1 is 1.28 bits per heavy atom. The van der Waals surface area contributed by atoms with Gasteiger partial charge in [-0.15, -0.1) is 10.2 Å². The zero-order chi connectivity index (χ0) is 13.3. The van der Waals surface area contributed by atoms with Gasteiger partial charge < -0.3 is 4.42 Å². The fourth-order valence-electron chi connectivity index (χ4n) is 1.28. The lowest BCUT2D eigenvalue weighted by atomic mass is 10.1. The van der Waals surface area contributed by atoms with Gasteiger partial charge >= 0.3 is 6.18 Å². The van der Waals surface area contributed by atoms with Crippen molar-refractivity contribution < 1.29 is 17.6 Å². The number of hydrogen-bond acceptors (Lipinski definition) is 4. The fraction of sp³-hybridized carbons (Fsp3) is 0.200. The van der Waals surface area contributed by atoms with Crippen molar-refractivity contribution in [2.75, 3.05) is 6.26 Å². The monoisotopic (exact) mass is 294 g/mol. The van der Waals surface area contributed by atoms with Crippen molar-refractivity contribution in [3.63, 3.8) is 0 Å². The first-order valence-electron chi connectivity index (χ1n) is 4.66. The van der Waals surface area contributed by atoms with E-state index in [-0.39, 0.29) is 21.7 Å². The standard InChI is InChI=1S/C10H6ClF3N2OS/c1-18-9-16-15-8(17-9)5-2-3-7(11)6(4-5)10(12,13)14/h2-4H,1H3. The van der Waals surface area contributed by atoms with E-state index in [4.69, 9.17) is 16.0 Å². The number of benzene rings is 1. The number of halogens is 4. The summed E-state index contributed by atoms with van der Waals surface area (Å²) in [7, 11) is 0. The SMILES string of the molecule is CSc1nnc(-c2ccc(Cl)c(C(F)(F)F)c2)o1. The zero-order valence-electron chi connectivity index (χ0n) is 8.95. The molecule has 1 aromatic heterocycles. The first kappa shape index (κ1) is 13.2. The number of alkyl halides is 3. The van der Waals surface area contributed by atoms with Gasteiger partial charge in [0.25, 0.3) is 5.22 Å². The van der Waals surface area contributed by atoms with Gasteiger partial charge in [0.05, 0.1) is 10.6 Å². The molecule has 0 amide bonds. The Labute approximate surface area is 109 Å². The second kappa shape index (κ2) is 4.81. The van der Waals surface area contributed by atoms with E-state index >= 15 is 0 Å². The van der Waals surface area contributed by atoms with Crippen LogP contribution < -0.4 is 0 Å². The maximum atomic E-state index is 12.7. The smallest absolute Gasteiger partial charge is 0.411 e. The molecule has 0 spiro atoms. The molecule has 0 aliphatic heterocycles. The molecule has 8 heteroatoms. The van der Waals surface area contributed by atoms with Crippen molar-refractivity contribution in [1.29, 1.82) is 0 Å². The molecular weight excluding hydrogens is 289 g/mol. The van der Waals surface area contributed by atoms with E-state index in [1.165, 1.54) is 17.8 Å². The first-order chi connectivity index (χ1) is 8.41. The molecule has 3 nitrogen and oxygen atoms in total. The van der Waals surface area contributed by atoms with Crippen molar-refractivity contribution in [2.45, 2.75) is 11.4 Å². The molecule has 0 saturated carbocycles. The minimum Gasteiger partial charge on any atom is -0.411 e. The van der Waals surface area contributed by atoms with Crippen molar-refractivity contribution in [3.05, 3.63) is 28.8 Å². The Morgan fingerprint density at radius 3 is 2.56 bits per heavy atom. The summed E-state index contributed by atoms with van der Waals surface area (Å²) in [5.41, 5.74) is -0.745. The third-order valence-electron chi connectivity index (χ3n) is 2.10. The highest BCUT2D eigenvalue weighted by molar-refractivity contribution is 7.98. The van der Waals surface area contributed by atoms with E-state index in [9.17, 15) is 13.2 Å². The van der Waals surface area contributed by atoms with Gasteiger partial charge in [0.1, 0.15) is 0 Å². The van der Waals surface area contributed by atoms with Gasteiger partial charge in [0.15, 0.2) is 0 Å². The van der Waals surface area contributed by atoms with Gasteiger partial charge in [0, 0.05) is 5.56 Å². The predicted octanol–water partition coefficient (Wildman–Crippen LogP) is 4.13. The van der Waals surface area contributed by atoms with E-state index in [2.05, 4.69) is 10.2 Å². The molecule has 96 valence electrons. The van der Waals surface area contributed by atoms with Gasteiger partial charge in [-0.1, -0.05) is 23.4 Å². The summed E-state index contributed by atoms with van der Waals surface area (Å²) < 4.78 is 43.1. The quantitative estimate of drug-likeness (QED) is 0.781. The number of hydrogen-bond donors (Lipinski definition) is 0. The Balaban J connectivity index is 2.47. The lowest BCUT2D eigenvalue weighted by Gasteiger charge is -2.09. The summed E-state index contributed by atoms with van der Waals surface area (Å²) in [5.74, 6) is 0.0292. The molecule has 1 heterocycles. The molecule has 0 aliphatic carbocycles. The largest absolute Gasteiger partial charge is 0.417 e. The Bertz CT molecular complexity index is 570. The number of rotatable bonds is 2. The van der Waals surface area contributed by atoms with Crippen LogP contribution in [0.4, 0.5) is 13.2 Å². The van der Waals surface area contributed by atoms with Gasteiger partial charge in [-0.25, -0.2) is 0 Å². The van der Waals surface area contributed by atoms with Crippen LogP contribution in [-0.4, -0.2) is 16.5 Å². The van der Waals surface area contributed by atoms with Crippen LogP contribution in [0.5, 0.6) is 0 Å². The molecule has 0 atom stereocenters. The summed E-state index contributed by atoms with van der Waals surface area (Å²) in [5, 5.41) is 7.24. The average Bonchev–Trinajstić information content (AvgIpc) is 2.76.